The maximum atomic E-state index is 14.0. The van der Waals surface area contributed by atoms with Crippen LogP contribution in [-0.2, 0) is 6.54 Å². The SMILES string of the molecule is CC1CCC(CO)(NCc2cccc([N+](=O)[O-])c2F)CC1. The Balaban J connectivity index is 2.08. The molecule has 0 saturated heterocycles. The van der Waals surface area contributed by atoms with Crippen molar-refractivity contribution in [1.29, 1.82) is 0 Å². The molecule has 6 heteroatoms. The Bertz CT molecular complexity index is 514. The van der Waals surface area contributed by atoms with Crippen molar-refractivity contribution in [2.24, 2.45) is 5.92 Å². The minimum absolute atomic E-state index is 0.00370. The lowest BCUT2D eigenvalue weighted by molar-refractivity contribution is -0.387. The van der Waals surface area contributed by atoms with Gasteiger partial charge in [0, 0.05) is 23.7 Å². The maximum absolute atomic E-state index is 14.0. The summed E-state index contributed by atoms with van der Waals surface area (Å²) < 4.78 is 14.0. The molecule has 0 bridgehead atoms. The first-order chi connectivity index (χ1) is 9.97. The standard InChI is InChI=1S/C15H21FN2O3/c1-11-5-7-15(10-19,8-6-11)17-9-12-3-2-4-13(14(12)16)18(20)21/h2-4,11,17,19H,5-10H2,1H3. The zero-order chi connectivity index (χ0) is 15.5. The van der Waals surface area contributed by atoms with E-state index in [1.807, 2.05) is 0 Å². The second kappa shape index (κ2) is 6.49. The van der Waals surface area contributed by atoms with E-state index < -0.39 is 22.0 Å². The molecule has 0 amide bonds. The zero-order valence-corrected chi connectivity index (χ0v) is 12.1. The molecule has 0 spiro atoms. The topological polar surface area (TPSA) is 75.4 Å². The van der Waals surface area contributed by atoms with Gasteiger partial charge in [-0.15, -0.1) is 0 Å². The average molecular weight is 296 g/mol. The molecule has 0 heterocycles. The normalized spacial score (nSPS) is 25.8. The molecule has 2 N–H and O–H groups in total. The van der Waals surface area contributed by atoms with E-state index in [2.05, 4.69) is 12.2 Å². The van der Waals surface area contributed by atoms with Gasteiger partial charge in [-0.05, 0) is 31.6 Å². The Hall–Kier alpha value is -1.53. The first-order valence-electron chi connectivity index (χ1n) is 7.25. The highest BCUT2D eigenvalue weighted by Crippen LogP contribution is 2.32. The summed E-state index contributed by atoms with van der Waals surface area (Å²) in [4.78, 5) is 10.0. The van der Waals surface area contributed by atoms with Crippen LogP contribution in [0.1, 0.15) is 38.2 Å². The third-order valence-electron chi connectivity index (χ3n) is 4.44. The van der Waals surface area contributed by atoms with Gasteiger partial charge in [-0.3, -0.25) is 10.1 Å². The van der Waals surface area contributed by atoms with Crippen LogP contribution in [0.4, 0.5) is 10.1 Å². The van der Waals surface area contributed by atoms with Gasteiger partial charge < -0.3 is 10.4 Å². The molecule has 0 aliphatic heterocycles. The molecule has 1 aromatic carbocycles. The van der Waals surface area contributed by atoms with Gasteiger partial charge in [-0.2, -0.15) is 4.39 Å². The van der Waals surface area contributed by atoms with Crippen molar-refractivity contribution in [1.82, 2.24) is 5.32 Å². The summed E-state index contributed by atoms with van der Waals surface area (Å²) >= 11 is 0. The lowest BCUT2D eigenvalue weighted by Crippen LogP contribution is -2.50. The van der Waals surface area contributed by atoms with Gasteiger partial charge in [0.1, 0.15) is 0 Å². The monoisotopic (exact) mass is 296 g/mol. The Morgan fingerprint density at radius 3 is 2.71 bits per heavy atom. The second-order valence-electron chi connectivity index (χ2n) is 5.98. The number of hydrogen-bond donors (Lipinski definition) is 2. The van der Waals surface area contributed by atoms with Crippen LogP contribution in [0, 0.1) is 21.8 Å². The number of nitro groups is 1. The average Bonchev–Trinajstić information content (AvgIpc) is 2.48. The van der Waals surface area contributed by atoms with Crippen LogP contribution >= 0.6 is 0 Å². The second-order valence-corrected chi connectivity index (χ2v) is 5.98. The lowest BCUT2D eigenvalue weighted by atomic mass is 9.77. The summed E-state index contributed by atoms with van der Waals surface area (Å²) in [6.07, 6.45) is 3.71. The largest absolute Gasteiger partial charge is 0.394 e. The molecule has 5 nitrogen and oxygen atoms in total. The highest BCUT2D eigenvalue weighted by Gasteiger charge is 2.33. The van der Waals surface area contributed by atoms with E-state index in [1.165, 1.54) is 12.1 Å². The number of rotatable bonds is 5. The first kappa shape index (κ1) is 15.9. The summed E-state index contributed by atoms with van der Waals surface area (Å²) in [5.41, 5.74) is -0.649. The molecule has 0 atom stereocenters. The molecule has 21 heavy (non-hydrogen) atoms. The smallest absolute Gasteiger partial charge is 0.305 e. The summed E-state index contributed by atoms with van der Waals surface area (Å²) in [5.74, 6) is -0.159. The van der Waals surface area contributed by atoms with Crippen LogP contribution in [0.2, 0.25) is 0 Å². The fourth-order valence-corrected chi connectivity index (χ4v) is 2.83. The molecule has 1 aliphatic carbocycles. The molecule has 1 aromatic rings. The van der Waals surface area contributed by atoms with Gasteiger partial charge in [0.25, 0.3) is 0 Å². The quantitative estimate of drug-likeness (QED) is 0.647. The number of nitrogens with one attached hydrogen (secondary N) is 1. The fraction of sp³-hybridized carbons (Fsp3) is 0.600. The van der Waals surface area contributed by atoms with Crippen LogP contribution in [0.25, 0.3) is 0 Å². The number of nitro benzene ring substituents is 1. The summed E-state index contributed by atoms with van der Waals surface area (Å²) in [6.45, 7) is 2.36. The van der Waals surface area contributed by atoms with Crippen LogP contribution < -0.4 is 5.32 Å². The fourth-order valence-electron chi connectivity index (χ4n) is 2.83. The van der Waals surface area contributed by atoms with E-state index in [0.29, 0.717) is 5.92 Å². The highest BCUT2D eigenvalue weighted by atomic mass is 19.1. The van der Waals surface area contributed by atoms with Crippen molar-refractivity contribution in [3.63, 3.8) is 0 Å². The summed E-state index contributed by atoms with van der Waals surface area (Å²) in [7, 11) is 0. The van der Waals surface area contributed by atoms with Crippen LogP contribution in [-0.4, -0.2) is 22.2 Å². The van der Waals surface area contributed by atoms with E-state index >= 15 is 0 Å². The predicted octanol–water partition coefficient (Wildman–Crippen LogP) is 2.76. The molecule has 1 aliphatic rings. The Morgan fingerprint density at radius 2 is 2.14 bits per heavy atom. The highest BCUT2D eigenvalue weighted by molar-refractivity contribution is 5.36. The van der Waals surface area contributed by atoms with E-state index in [0.717, 1.165) is 31.7 Å². The molecule has 1 saturated carbocycles. The van der Waals surface area contributed by atoms with Crippen molar-refractivity contribution in [2.45, 2.75) is 44.7 Å². The van der Waals surface area contributed by atoms with Gasteiger partial charge in [0.2, 0.25) is 5.82 Å². The molecule has 0 aromatic heterocycles. The Morgan fingerprint density at radius 1 is 1.48 bits per heavy atom. The van der Waals surface area contributed by atoms with E-state index in [4.69, 9.17) is 0 Å². The minimum Gasteiger partial charge on any atom is -0.394 e. The van der Waals surface area contributed by atoms with Gasteiger partial charge in [-0.25, -0.2) is 0 Å². The van der Waals surface area contributed by atoms with Gasteiger partial charge in [-0.1, -0.05) is 19.1 Å². The zero-order valence-electron chi connectivity index (χ0n) is 12.1. The van der Waals surface area contributed by atoms with Crippen molar-refractivity contribution in [3.8, 4) is 0 Å². The van der Waals surface area contributed by atoms with E-state index in [9.17, 15) is 19.6 Å². The third-order valence-corrected chi connectivity index (χ3v) is 4.44. The maximum Gasteiger partial charge on any atom is 0.305 e. The molecule has 0 radical (unpaired) electrons. The number of aliphatic hydroxyl groups is 1. The van der Waals surface area contributed by atoms with Crippen molar-refractivity contribution in [3.05, 3.63) is 39.7 Å². The molecular formula is C15H21FN2O3. The summed E-state index contributed by atoms with van der Waals surface area (Å²) in [6, 6.07) is 4.17. The van der Waals surface area contributed by atoms with E-state index in [-0.39, 0.29) is 18.7 Å². The van der Waals surface area contributed by atoms with Gasteiger partial charge >= 0.3 is 5.69 Å². The number of aliphatic hydroxyl groups excluding tert-OH is 1. The van der Waals surface area contributed by atoms with Gasteiger partial charge in [0.15, 0.2) is 0 Å². The minimum atomic E-state index is -0.799. The van der Waals surface area contributed by atoms with Crippen LogP contribution in [0.15, 0.2) is 18.2 Å². The number of halogens is 1. The van der Waals surface area contributed by atoms with E-state index in [1.54, 1.807) is 0 Å². The lowest BCUT2D eigenvalue weighted by Gasteiger charge is -2.39. The number of benzene rings is 1. The van der Waals surface area contributed by atoms with Crippen LogP contribution in [0.5, 0.6) is 0 Å². The molecule has 1 fully saturated rings. The number of nitrogens with zero attached hydrogens (tertiary/aromatic N) is 1. The van der Waals surface area contributed by atoms with Gasteiger partial charge in [0.05, 0.1) is 11.5 Å². The van der Waals surface area contributed by atoms with Crippen LogP contribution in [0.3, 0.4) is 0 Å². The molecule has 116 valence electrons. The Kier molecular flexibility index (Phi) is 4.90. The number of hydrogen-bond acceptors (Lipinski definition) is 4. The predicted molar refractivity (Wildman–Crippen MR) is 77.3 cm³/mol. The van der Waals surface area contributed by atoms with Crippen molar-refractivity contribution >= 4 is 5.69 Å². The molecule has 0 unspecified atom stereocenters. The first-order valence-corrected chi connectivity index (χ1v) is 7.25. The molecule has 2 rings (SSSR count). The Labute approximate surface area is 123 Å². The van der Waals surface area contributed by atoms with Crippen molar-refractivity contribution < 1.29 is 14.4 Å². The molecular weight excluding hydrogens is 275 g/mol. The third kappa shape index (κ3) is 3.57. The van der Waals surface area contributed by atoms with Crippen molar-refractivity contribution in [2.75, 3.05) is 6.61 Å². The summed E-state index contributed by atoms with van der Waals surface area (Å²) in [5, 5.41) is 23.6.